The van der Waals surface area contributed by atoms with Crippen LogP contribution in [0.2, 0.25) is 0 Å². The van der Waals surface area contributed by atoms with Gasteiger partial charge in [0.25, 0.3) is 0 Å². The molecule has 3 saturated heterocycles. The summed E-state index contributed by atoms with van der Waals surface area (Å²) in [5.41, 5.74) is 1.44. The molecule has 2 unspecified atom stereocenters. The van der Waals surface area contributed by atoms with Gasteiger partial charge < -0.3 is 4.90 Å². The Labute approximate surface area is 158 Å². The van der Waals surface area contributed by atoms with Crippen LogP contribution in [0.15, 0.2) is 18.2 Å². The van der Waals surface area contributed by atoms with Crippen molar-refractivity contribution in [3.05, 3.63) is 35.1 Å². The highest BCUT2D eigenvalue weighted by Gasteiger charge is 2.47. The molecule has 2 bridgehead atoms. The lowest BCUT2D eigenvalue weighted by Gasteiger charge is -2.41. The highest BCUT2D eigenvalue weighted by molar-refractivity contribution is 6.02. The predicted octanol–water partition coefficient (Wildman–Crippen LogP) is 2.74. The second kappa shape index (κ2) is 7.06. The van der Waals surface area contributed by atoms with Crippen molar-refractivity contribution in [3.63, 3.8) is 0 Å². The number of carbonyl (C=O) groups excluding carboxylic acids is 3. The fourth-order valence-electron chi connectivity index (χ4n) is 4.94. The van der Waals surface area contributed by atoms with Crippen LogP contribution >= 0.6 is 0 Å². The number of amides is 3. The number of imide groups is 1. The third kappa shape index (κ3) is 3.37. The van der Waals surface area contributed by atoms with Crippen LogP contribution in [0.4, 0.5) is 4.39 Å². The van der Waals surface area contributed by atoms with Crippen molar-refractivity contribution in [2.45, 2.75) is 76.4 Å². The Hall–Kier alpha value is -2.24. The monoisotopic (exact) mass is 372 g/mol. The molecule has 2 atom stereocenters. The Bertz CT molecular complexity index is 764. The van der Waals surface area contributed by atoms with Gasteiger partial charge in [-0.2, -0.15) is 0 Å². The first-order valence-corrected chi connectivity index (χ1v) is 9.85. The molecule has 0 spiro atoms. The van der Waals surface area contributed by atoms with E-state index in [9.17, 15) is 18.8 Å². The van der Waals surface area contributed by atoms with Crippen LogP contribution < -0.4 is 0 Å². The van der Waals surface area contributed by atoms with Crippen molar-refractivity contribution in [1.82, 2.24) is 9.80 Å². The van der Waals surface area contributed by atoms with Crippen LogP contribution in [0, 0.1) is 12.7 Å². The zero-order valence-electron chi connectivity index (χ0n) is 15.6. The topological polar surface area (TPSA) is 57.7 Å². The van der Waals surface area contributed by atoms with Crippen molar-refractivity contribution >= 4 is 17.7 Å². The van der Waals surface area contributed by atoms with Crippen LogP contribution in [0.25, 0.3) is 0 Å². The first-order valence-electron chi connectivity index (χ1n) is 9.85. The summed E-state index contributed by atoms with van der Waals surface area (Å²) in [5, 5.41) is 0. The van der Waals surface area contributed by atoms with Gasteiger partial charge in [0.05, 0.1) is 0 Å². The van der Waals surface area contributed by atoms with E-state index in [1.165, 1.54) is 11.0 Å². The standard InChI is InChI=1S/C21H25FN2O3/c1-13-2-3-14(10-18(13)22)4-7-19(25)23-15-5-6-16(23)12-17(11-15)24-20(26)8-9-21(24)27/h2-3,10,15-17H,4-9,11-12H2,1H3. The molecule has 1 aromatic carbocycles. The fourth-order valence-corrected chi connectivity index (χ4v) is 4.94. The average Bonchev–Trinajstić information content (AvgIpc) is 3.11. The summed E-state index contributed by atoms with van der Waals surface area (Å²) >= 11 is 0. The maximum atomic E-state index is 13.7. The Morgan fingerprint density at radius 1 is 1.07 bits per heavy atom. The van der Waals surface area contributed by atoms with Gasteiger partial charge in [0.15, 0.2) is 0 Å². The van der Waals surface area contributed by atoms with Crippen LogP contribution in [0.5, 0.6) is 0 Å². The molecule has 3 fully saturated rings. The summed E-state index contributed by atoms with van der Waals surface area (Å²) in [5.74, 6) is -0.266. The van der Waals surface area contributed by atoms with Crippen molar-refractivity contribution in [2.75, 3.05) is 0 Å². The van der Waals surface area contributed by atoms with E-state index in [0.29, 0.717) is 44.1 Å². The molecule has 0 saturated carbocycles. The molecular weight excluding hydrogens is 347 g/mol. The second-order valence-electron chi connectivity index (χ2n) is 8.05. The van der Waals surface area contributed by atoms with Gasteiger partial charge in [-0.15, -0.1) is 0 Å². The molecule has 0 N–H and O–H groups in total. The lowest BCUT2D eigenvalue weighted by atomic mass is 9.95. The van der Waals surface area contributed by atoms with E-state index in [0.717, 1.165) is 18.4 Å². The molecule has 0 aromatic heterocycles. The van der Waals surface area contributed by atoms with Crippen molar-refractivity contribution in [1.29, 1.82) is 0 Å². The van der Waals surface area contributed by atoms with E-state index < -0.39 is 0 Å². The summed E-state index contributed by atoms with van der Waals surface area (Å²) in [4.78, 5) is 40.3. The third-order valence-electron chi connectivity index (χ3n) is 6.32. The largest absolute Gasteiger partial charge is 0.337 e. The number of fused-ring (bicyclic) bond motifs is 2. The molecule has 0 radical (unpaired) electrons. The number of hydrogen-bond acceptors (Lipinski definition) is 3. The molecule has 27 heavy (non-hydrogen) atoms. The Kier molecular flexibility index (Phi) is 4.74. The van der Waals surface area contributed by atoms with E-state index in [1.807, 2.05) is 11.0 Å². The summed E-state index contributed by atoms with van der Waals surface area (Å²) < 4.78 is 13.7. The predicted molar refractivity (Wildman–Crippen MR) is 97.2 cm³/mol. The van der Waals surface area contributed by atoms with Crippen molar-refractivity contribution in [2.24, 2.45) is 0 Å². The zero-order valence-corrected chi connectivity index (χ0v) is 15.6. The molecule has 3 heterocycles. The highest BCUT2D eigenvalue weighted by Crippen LogP contribution is 2.39. The molecule has 4 rings (SSSR count). The van der Waals surface area contributed by atoms with Gasteiger partial charge in [0.1, 0.15) is 5.82 Å². The minimum absolute atomic E-state index is 0.0553. The maximum Gasteiger partial charge on any atom is 0.229 e. The molecule has 3 aliphatic rings. The lowest BCUT2D eigenvalue weighted by molar-refractivity contribution is -0.144. The lowest BCUT2D eigenvalue weighted by Crippen LogP contribution is -2.53. The first-order chi connectivity index (χ1) is 12.9. The number of benzene rings is 1. The van der Waals surface area contributed by atoms with E-state index >= 15 is 0 Å². The number of hydrogen-bond donors (Lipinski definition) is 0. The molecular formula is C21H25FN2O3. The fraction of sp³-hybridized carbons (Fsp3) is 0.571. The van der Waals surface area contributed by atoms with E-state index in [2.05, 4.69) is 0 Å². The van der Waals surface area contributed by atoms with Gasteiger partial charge in [-0.25, -0.2) is 4.39 Å². The zero-order chi connectivity index (χ0) is 19.1. The van der Waals surface area contributed by atoms with Gasteiger partial charge in [-0.1, -0.05) is 12.1 Å². The number of nitrogens with zero attached hydrogens (tertiary/aromatic N) is 2. The SMILES string of the molecule is Cc1ccc(CCC(=O)N2C3CCC2CC(N2C(=O)CCC2=O)C3)cc1F. The van der Waals surface area contributed by atoms with Crippen LogP contribution in [0.1, 0.15) is 56.1 Å². The number of aryl methyl sites for hydroxylation is 2. The van der Waals surface area contributed by atoms with E-state index in [-0.39, 0.29) is 41.7 Å². The summed E-state index contributed by atoms with van der Waals surface area (Å²) in [7, 11) is 0. The van der Waals surface area contributed by atoms with Gasteiger partial charge in [-0.3, -0.25) is 19.3 Å². The second-order valence-corrected chi connectivity index (χ2v) is 8.05. The number of piperidine rings is 1. The number of rotatable bonds is 4. The number of likely N-dealkylation sites (tertiary alicyclic amines) is 1. The summed E-state index contributed by atoms with van der Waals surface area (Å²) in [6.07, 6.45) is 4.78. The summed E-state index contributed by atoms with van der Waals surface area (Å²) in [6.45, 7) is 1.72. The molecule has 3 amide bonds. The molecule has 0 aliphatic carbocycles. The minimum Gasteiger partial charge on any atom is -0.337 e. The molecule has 3 aliphatic heterocycles. The quantitative estimate of drug-likeness (QED) is 0.764. The molecule has 6 heteroatoms. The highest BCUT2D eigenvalue weighted by atomic mass is 19.1. The third-order valence-corrected chi connectivity index (χ3v) is 6.32. The molecule has 1 aromatic rings. The van der Waals surface area contributed by atoms with Crippen LogP contribution in [0.3, 0.4) is 0 Å². The van der Waals surface area contributed by atoms with E-state index in [4.69, 9.17) is 0 Å². The Morgan fingerprint density at radius 2 is 1.70 bits per heavy atom. The number of halogens is 1. The Morgan fingerprint density at radius 3 is 2.30 bits per heavy atom. The molecule has 5 nitrogen and oxygen atoms in total. The smallest absolute Gasteiger partial charge is 0.229 e. The number of carbonyl (C=O) groups is 3. The Balaban J connectivity index is 1.39. The van der Waals surface area contributed by atoms with Crippen molar-refractivity contribution in [3.8, 4) is 0 Å². The van der Waals surface area contributed by atoms with Gasteiger partial charge >= 0.3 is 0 Å². The maximum absolute atomic E-state index is 13.7. The first kappa shape index (κ1) is 18.1. The molecule has 144 valence electrons. The van der Waals surface area contributed by atoms with Crippen molar-refractivity contribution < 1.29 is 18.8 Å². The van der Waals surface area contributed by atoms with Crippen LogP contribution in [-0.4, -0.2) is 45.6 Å². The van der Waals surface area contributed by atoms with E-state index in [1.54, 1.807) is 13.0 Å². The normalized spacial score (nSPS) is 27.6. The van der Waals surface area contributed by atoms with Gasteiger partial charge in [0, 0.05) is 37.4 Å². The average molecular weight is 372 g/mol. The summed E-state index contributed by atoms with van der Waals surface area (Å²) in [6, 6.07) is 5.29. The van der Waals surface area contributed by atoms with Gasteiger partial charge in [-0.05, 0) is 56.2 Å². The van der Waals surface area contributed by atoms with Crippen LogP contribution in [-0.2, 0) is 20.8 Å². The van der Waals surface area contributed by atoms with Gasteiger partial charge in [0.2, 0.25) is 17.7 Å². The minimum atomic E-state index is -0.235.